The fourth-order valence-corrected chi connectivity index (χ4v) is 1.37. The van der Waals surface area contributed by atoms with Gasteiger partial charge in [-0.15, -0.1) is 0 Å². The largest absolute Gasteiger partial charge is 0.493 e. The predicted octanol–water partition coefficient (Wildman–Crippen LogP) is 2.90. The SMILES string of the molecule is OCCCCCCOc1cc(F)cc(F)c1. The third-order valence-corrected chi connectivity index (χ3v) is 2.16. The van der Waals surface area contributed by atoms with Crippen molar-refractivity contribution in [2.75, 3.05) is 13.2 Å². The summed E-state index contributed by atoms with van der Waals surface area (Å²) in [6.45, 7) is 0.643. The average Bonchev–Trinajstić information content (AvgIpc) is 2.22. The maximum atomic E-state index is 12.8. The summed E-state index contributed by atoms with van der Waals surface area (Å²) in [7, 11) is 0. The molecule has 0 atom stereocenters. The van der Waals surface area contributed by atoms with Crippen molar-refractivity contribution in [1.82, 2.24) is 0 Å². The summed E-state index contributed by atoms with van der Waals surface area (Å²) in [5.41, 5.74) is 0. The Bertz CT molecular complexity index is 296. The van der Waals surface area contributed by atoms with Crippen LogP contribution in [0.2, 0.25) is 0 Å². The van der Waals surface area contributed by atoms with E-state index in [1.807, 2.05) is 0 Å². The average molecular weight is 230 g/mol. The zero-order valence-corrected chi connectivity index (χ0v) is 9.09. The highest BCUT2D eigenvalue weighted by molar-refractivity contribution is 5.23. The maximum Gasteiger partial charge on any atom is 0.129 e. The first kappa shape index (κ1) is 12.9. The Hall–Kier alpha value is -1.16. The smallest absolute Gasteiger partial charge is 0.129 e. The summed E-state index contributed by atoms with van der Waals surface area (Å²) in [5.74, 6) is -1.04. The molecule has 0 amide bonds. The molecule has 1 aromatic rings. The van der Waals surface area contributed by atoms with E-state index in [4.69, 9.17) is 9.84 Å². The van der Waals surface area contributed by atoms with Gasteiger partial charge in [-0.1, -0.05) is 6.42 Å². The van der Waals surface area contributed by atoms with Crippen molar-refractivity contribution in [1.29, 1.82) is 0 Å². The molecule has 90 valence electrons. The van der Waals surface area contributed by atoms with Gasteiger partial charge in [-0.05, 0) is 19.3 Å². The standard InChI is InChI=1S/C12H16F2O2/c13-10-7-11(14)9-12(8-10)16-6-4-2-1-3-5-15/h7-9,15H,1-6H2. The minimum absolute atomic E-state index is 0.204. The van der Waals surface area contributed by atoms with Gasteiger partial charge in [0.1, 0.15) is 17.4 Å². The van der Waals surface area contributed by atoms with Crippen LogP contribution in [-0.2, 0) is 0 Å². The summed E-state index contributed by atoms with van der Waals surface area (Å²) in [6.07, 6.45) is 3.49. The molecule has 0 saturated carbocycles. The lowest BCUT2D eigenvalue weighted by atomic mass is 10.2. The molecule has 0 unspecified atom stereocenters. The van der Waals surface area contributed by atoms with Gasteiger partial charge in [-0.3, -0.25) is 0 Å². The van der Waals surface area contributed by atoms with Crippen LogP contribution in [0.1, 0.15) is 25.7 Å². The molecule has 0 aliphatic carbocycles. The summed E-state index contributed by atoms with van der Waals surface area (Å²) >= 11 is 0. The van der Waals surface area contributed by atoms with Gasteiger partial charge in [0.25, 0.3) is 0 Å². The molecule has 1 aromatic carbocycles. The van der Waals surface area contributed by atoms with Crippen LogP contribution in [0, 0.1) is 11.6 Å². The summed E-state index contributed by atoms with van der Waals surface area (Å²) in [6, 6.07) is 3.14. The molecule has 1 rings (SSSR count). The summed E-state index contributed by atoms with van der Waals surface area (Å²) < 4.78 is 30.7. The molecule has 0 fully saturated rings. The second-order valence-corrected chi connectivity index (χ2v) is 3.59. The number of unbranched alkanes of at least 4 members (excludes halogenated alkanes) is 3. The summed E-state index contributed by atoms with van der Waals surface area (Å²) in [4.78, 5) is 0. The fraction of sp³-hybridized carbons (Fsp3) is 0.500. The lowest BCUT2D eigenvalue weighted by molar-refractivity contribution is 0.273. The molecule has 4 heteroatoms. The van der Waals surface area contributed by atoms with Crippen LogP contribution >= 0.6 is 0 Å². The second kappa shape index (κ2) is 7.17. The number of hydrogen-bond acceptors (Lipinski definition) is 2. The molecular weight excluding hydrogens is 214 g/mol. The second-order valence-electron chi connectivity index (χ2n) is 3.59. The zero-order chi connectivity index (χ0) is 11.8. The highest BCUT2D eigenvalue weighted by Gasteiger charge is 2.00. The lowest BCUT2D eigenvalue weighted by Gasteiger charge is -2.06. The van der Waals surface area contributed by atoms with Gasteiger partial charge < -0.3 is 9.84 Å². The van der Waals surface area contributed by atoms with Crippen LogP contribution in [0.5, 0.6) is 5.75 Å². The predicted molar refractivity (Wildman–Crippen MR) is 57.4 cm³/mol. The van der Waals surface area contributed by atoms with E-state index >= 15 is 0 Å². The van der Waals surface area contributed by atoms with Gasteiger partial charge in [0.15, 0.2) is 0 Å². The monoisotopic (exact) mass is 230 g/mol. The van der Waals surface area contributed by atoms with Crippen LogP contribution in [0.15, 0.2) is 18.2 Å². The van der Waals surface area contributed by atoms with E-state index in [1.165, 1.54) is 0 Å². The number of hydrogen-bond donors (Lipinski definition) is 1. The topological polar surface area (TPSA) is 29.5 Å². The molecule has 0 spiro atoms. The van der Waals surface area contributed by atoms with Crippen LogP contribution in [0.25, 0.3) is 0 Å². The Labute approximate surface area is 93.9 Å². The minimum Gasteiger partial charge on any atom is -0.493 e. The Morgan fingerprint density at radius 3 is 2.19 bits per heavy atom. The molecule has 0 saturated heterocycles. The van der Waals surface area contributed by atoms with Gasteiger partial charge in [0, 0.05) is 24.8 Å². The van der Waals surface area contributed by atoms with Crippen molar-refractivity contribution in [2.45, 2.75) is 25.7 Å². The molecule has 0 aliphatic rings. The molecule has 0 aromatic heterocycles. The van der Waals surface area contributed by atoms with E-state index in [2.05, 4.69) is 0 Å². The van der Waals surface area contributed by atoms with Crippen molar-refractivity contribution in [2.24, 2.45) is 0 Å². The van der Waals surface area contributed by atoms with Crippen molar-refractivity contribution in [3.63, 3.8) is 0 Å². The lowest BCUT2D eigenvalue weighted by Crippen LogP contribution is -1.98. The Kier molecular flexibility index (Phi) is 5.78. The Morgan fingerprint density at radius 1 is 0.938 bits per heavy atom. The normalized spacial score (nSPS) is 10.4. The number of benzene rings is 1. The van der Waals surface area contributed by atoms with E-state index in [0.717, 1.165) is 43.9 Å². The van der Waals surface area contributed by atoms with Gasteiger partial charge >= 0.3 is 0 Å². The van der Waals surface area contributed by atoms with Crippen molar-refractivity contribution in [3.8, 4) is 5.75 Å². The first-order valence-corrected chi connectivity index (χ1v) is 5.42. The van der Waals surface area contributed by atoms with E-state index in [-0.39, 0.29) is 12.4 Å². The molecule has 2 nitrogen and oxygen atoms in total. The van der Waals surface area contributed by atoms with Gasteiger partial charge in [-0.25, -0.2) is 8.78 Å². The first-order chi connectivity index (χ1) is 7.72. The van der Waals surface area contributed by atoms with E-state index in [0.29, 0.717) is 6.61 Å². The molecule has 0 aliphatic heterocycles. The van der Waals surface area contributed by atoms with Gasteiger partial charge in [0.2, 0.25) is 0 Å². The number of aliphatic hydroxyl groups excluding tert-OH is 1. The molecule has 0 heterocycles. The van der Waals surface area contributed by atoms with Crippen LogP contribution in [0.3, 0.4) is 0 Å². The Balaban J connectivity index is 2.21. The molecular formula is C12H16F2O2. The van der Waals surface area contributed by atoms with Crippen molar-refractivity contribution in [3.05, 3.63) is 29.8 Å². The fourth-order valence-electron chi connectivity index (χ4n) is 1.37. The number of ether oxygens (including phenoxy) is 1. The number of aliphatic hydroxyl groups is 1. The van der Waals surface area contributed by atoms with Crippen LogP contribution in [-0.4, -0.2) is 18.3 Å². The van der Waals surface area contributed by atoms with E-state index < -0.39 is 11.6 Å². The minimum atomic E-state index is -0.629. The quantitative estimate of drug-likeness (QED) is 0.730. The number of halogens is 2. The third-order valence-electron chi connectivity index (χ3n) is 2.16. The van der Waals surface area contributed by atoms with Crippen LogP contribution in [0.4, 0.5) is 8.78 Å². The van der Waals surface area contributed by atoms with Gasteiger partial charge in [-0.2, -0.15) is 0 Å². The maximum absolute atomic E-state index is 12.8. The van der Waals surface area contributed by atoms with Gasteiger partial charge in [0.05, 0.1) is 6.61 Å². The van der Waals surface area contributed by atoms with Crippen LogP contribution < -0.4 is 4.74 Å². The summed E-state index contributed by atoms with van der Waals surface area (Å²) in [5, 5.41) is 8.55. The molecule has 0 bridgehead atoms. The van der Waals surface area contributed by atoms with Crippen molar-refractivity contribution < 1.29 is 18.6 Å². The first-order valence-electron chi connectivity index (χ1n) is 5.42. The highest BCUT2D eigenvalue weighted by Crippen LogP contribution is 2.15. The Morgan fingerprint density at radius 2 is 1.56 bits per heavy atom. The zero-order valence-electron chi connectivity index (χ0n) is 9.09. The van der Waals surface area contributed by atoms with Crippen molar-refractivity contribution >= 4 is 0 Å². The highest BCUT2D eigenvalue weighted by atomic mass is 19.1. The van der Waals surface area contributed by atoms with E-state index in [1.54, 1.807) is 0 Å². The number of rotatable bonds is 7. The molecule has 16 heavy (non-hydrogen) atoms. The molecule has 1 N–H and O–H groups in total. The molecule has 0 radical (unpaired) electrons. The van der Waals surface area contributed by atoms with E-state index in [9.17, 15) is 8.78 Å². The third kappa shape index (κ3) is 5.07.